The average molecular weight is 334 g/mol. The highest BCUT2D eigenvalue weighted by Gasteiger charge is 2.24. The van der Waals surface area contributed by atoms with Gasteiger partial charge in [-0.1, -0.05) is 37.1 Å². The van der Waals surface area contributed by atoms with E-state index in [9.17, 15) is 9.90 Å². The summed E-state index contributed by atoms with van der Waals surface area (Å²) >= 11 is 0. The van der Waals surface area contributed by atoms with Crippen LogP contribution in [0.4, 0.5) is 4.79 Å². The van der Waals surface area contributed by atoms with Crippen molar-refractivity contribution in [3.63, 3.8) is 0 Å². The molecule has 5 nitrogen and oxygen atoms in total. The maximum Gasteiger partial charge on any atom is 0.315 e. The van der Waals surface area contributed by atoms with Crippen LogP contribution in [0.2, 0.25) is 0 Å². The zero-order valence-corrected chi connectivity index (χ0v) is 15.0. The van der Waals surface area contributed by atoms with Gasteiger partial charge in [0.2, 0.25) is 0 Å². The van der Waals surface area contributed by atoms with E-state index in [2.05, 4.69) is 10.6 Å². The second-order valence-electron chi connectivity index (χ2n) is 7.51. The van der Waals surface area contributed by atoms with Crippen molar-refractivity contribution in [1.82, 2.24) is 10.6 Å². The van der Waals surface area contributed by atoms with Crippen LogP contribution in [0.5, 0.6) is 0 Å². The summed E-state index contributed by atoms with van der Waals surface area (Å²) in [4.78, 5) is 12.0. The molecule has 0 aliphatic heterocycles. The standard InChI is InChI=1S/C19H30N2O3/c1-19(2,3)24-13-15-8-6-7-14(11-15)12-20-18(23)21-16-9-4-5-10-17(16)22/h6-8,11,16-17,22H,4-5,9-10,12-13H2,1-3H3,(H2,20,21,23). The monoisotopic (exact) mass is 334 g/mol. The zero-order chi connectivity index (χ0) is 17.6. The van der Waals surface area contributed by atoms with Gasteiger partial charge >= 0.3 is 6.03 Å². The number of carbonyl (C=O) groups excluding carboxylic acids is 1. The van der Waals surface area contributed by atoms with Crippen molar-refractivity contribution in [3.05, 3.63) is 35.4 Å². The number of carbonyl (C=O) groups is 1. The Kier molecular flexibility index (Phi) is 6.63. The Bertz CT molecular complexity index is 540. The Labute approximate surface area is 144 Å². The number of hydrogen-bond donors (Lipinski definition) is 3. The summed E-state index contributed by atoms with van der Waals surface area (Å²) in [5, 5.41) is 15.6. The van der Waals surface area contributed by atoms with Crippen molar-refractivity contribution in [2.45, 2.75) is 77.4 Å². The van der Waals surface area contributed by atoms with Gasteiger partial charge in [-0.05, 0) is 44.7 Å². The van der Waals surface area contributed by atoms with Crippen LogP contribution < -0.4 is 10.6 Å². The molecule has 1 saturated carbocycles. The fourth-order valence-electron chi connectivity index (χ4n) is 2.81. The van der Waals surface area contributed by atoms with Crippen LogP contribution in [0.15, 0.2) is 24.3 Å². The van der Waals surface area contributed by atoms with Crippen LogP contribution in [0.1, 0.15) is 57.6 Å². The van der Waals surface area contributed by atoms with Gasteiger partial charge in [0.15, 0.2) is 0 Å². The molecule has 2 amide bonds. The zero-order valence-electron chi connectivity index (χ0n) is 15.0. The second-order valence-corrected chi connectivity index (χ2v) is 7.51. The van der Waals surface area contributed by atoms with Crippen molar-refractivity contribution >= 4 is 6.03 Å². The summed E-state index contributed by atoms with van der Waals surface area (Å²) in [6.45, 7) is 7.10. The van der Waals surface area contributed by atoms with Crippen molar-refractivity contribution in [1.29, 1.82) is 0 Å². The smallest absolute Gasteiger partial charge is 0.315 e. The number of aliphatic hydroxyl groups excluding tert-OH is 1. The molecule has 1 aromatic rings. The van der Waals surface area contributed by atoms with Crippen LogP contribution in [0, 0.1) is 0 Å². The predicted molar refractivity (Wildman–Crippen MR) is 94.6 cm³/mol. The van der Waals surface area contributed by atoms with Gasteiger partial charge in [0, 0.05) is 6.54 Å². The van der Waals surface area contributed by atoms with Crippen LogP contribution in [0.25, 0.3) is 0 Å². The molecule has 134 valence electrons. The lowest BCUT2D eigenvalue weighted by molar-refractivity contribution is -0.0149. The third-order valence-electron chi connectivity index (χ3n) is 4.16. The molecule has 2 unspecified atom stereocenters. The largest absolute Gasteiger partial charge is 0.391 e. The summed E-state index contributed by atoms with van der Waals surface area (Å²) in [5.41, 5.74) is 1.95. The van der Waals surface area contributed by atoms with Gasteiger partial charge in [0.25, 0.3) is 0 Å². The number of benzene rings is 1. The van der Waals surface area contributed by atoms with Crippen molar-refractivity contribution in [2.75, 3.05) is 0 Å². The maximum atomic E-state index is 12.0. The molecule has 3 N–H and O–H groups in total. The van der Waals surface area contributed by atoms with Gasteiger partial charge in [-0.3, -0.25) is 0 Å². The van der Waals surface area contributed by atoms with Crippen LogP contribution in [0.3, 0.4) is 0 Å². The molecule has 0 aromatic heterocycles. The Morgan fingerprint density at radius 2 is 1.96 bits per heavy atom. The minimum atomic E-state index is -0.428. The lowest BCUT2D eigenvalue weighted by atomic mass is 9.93. The number of hydrogen-bond acceptors (Lipinski definition) is 3. The van der Waals surface area contributed by atoms with E-state index in [0.29, 0.717) is 13.2 Å². The number of rotatable bonds is 5. The summed E-state index contributed by atoms with van der Waals surface area (Å²) in [5.74, 6) is 0. The molecule has 0 saturated heterocycles. The van der Waals surface area contributed by atoms with E-state index in [1.165, 1.54) is 0 Å². The molecule has 1 fully saturated rings. The third-order valence-corrected chi connectivity index (χ3v) is 4.16. The Balaban J connectivity index is 1.79. The molecular weight excluding hydrogens is 304 g/mol. The van der Waals surface area contributed by atoms with Crippen molar-refractivity contribution in [2.24, 2.45) is 0 Å². The normalized spacial score (nSPS) is 21.3. The molecule has 0 spiro atoms. The topological polar surface area (TPSA) is 70.6 Å². The predicted octanol–water partition coefficient (Wildman–Crippen LogP) is 3.10. The SMILES string of the molecule is CC(C)(C)OCc1cccc(CNC(=O)NC2CCCCC2O)c1. The molecule has 0 radical (unpaired) electrons. The quantitative estimate of drug-likeness (QED) is 0.775. The van der Waals surface area contributed by atoms with Gasteiger partial charge in [0.05, 0.1) is 24.4 Å². The number of amides is 2. The summed E-state index contributed by atoms with van der Waals surface area (Å²) in [6, 6.07) is 7.66. The number of aliphatic hydroxyl groups is 1. The molecule has 5 heteroatoms. The van der Waals surface area contributed by atoms with E-state index >= 15 is 0 Å². The van der Waals surface area contributed by atoms with Crippen molar-refractivity contribution in [3.8, 4) is 0 Å². The molecule has 2 atom stereocenters. The first-order chi connectivity index (χ1) is 11.3. The molecule has 24 heavy (non-hydrogen) atoms. The number of ether oxygens (including phenoxy) is 1. The summed E-state index contributed by atoms with van der Waals surface area (Å²) in [6.07, 6.45) is 3.26. The molecular formula is C19H30N2O3. The van der Waals surface area contributed by atoms with E-state index in [4.69, 9.17) is 4.74 Å². The first-order valence-electron chi connectivity index (χ1n) is 8.78. The summed E-state index contributed by atoms with van der Waals surface area (Å²) in [7, 11) is 0. The number of nitrogens with one attached hydrogen (secondary N) is 2. The van der Waals surface area contributed by atoms with Gasteiger partial charge in [0.1, 0.15) is 0 Å². The highest BCUT2D eigenvalue weighted by atomic mass is 16.5. The molecule has 0 heterocycles. The van der Waals surface area contributed by atoms with Gasteiger partial charge in [-0.25, -0.2) is 4.79 Å². The minimum Gasteiger partial charge on any atom is -0.391 e. The Morgan fingerprint density at radius 3 is 2.67 bits per heavy atom. The minimum absolute atomic E-state index is 0.134. The van der Waals surface area contributed by atoms with E-state index in [0.717, 1.165) is 36.8 Å². The number of urea groups is 1. The van der Waals surface area contributed by atoms with E-state index in [1.54, 1.807) is 0 Å². The molecule has 1 aliphatic rings. The fraction of sp³-hybridized carbons (Fsp3) is 0.632. The second kappa shape index (κ2) is 8.49. The third kappa shape index (κ3) is 6.49. The maximum absolute atomic E-state index is 12.0. The lowest BCUT2D eigenvalue weighted by Crippen LogP contribution is -2.48. The van der Waals surface area contributed by atoms with Gasteiger partial charge < -0.3 is 20.5 Å². The molecule has 0 bridgehead atoms. The first kappa shape index (κ1) is 18.7. The molecule has 2 rings (SSSR count). The van der Waals surface area contributed by atoms with Gasteiger partial charge in [-0.2, -0.15) is 0 Å². The van der Waals surface area contributed by atoms with Gasteiger partial charge in [-0.15, -0.1) is 0 Å². The van der Waals surface area contributed by atoms with E-state index in [1.807, 2.05) is 45.0 Å². The Morgan fingerprint density at radius 1 is 1.25 bits per heavy atom. The van der Waals surface area contributed by atoms with E-state index in [-0.39, 0.29) is 17.7 Å². The van der Waals surface area contributed by atoms with Crippen molar-refractivity contribution < 1.29 is 14.6 Å². The van der Waals surface area contributed by atoms with Crippen LogP contribution >= 0.6 is 0 Å². The fourth-order valence-corrected chi connectivity index (χ4v) is 2.81. The molecule has 1 aromatic carbocycles. The highest BCUT2D eigenvalue weighted by Crippen LogP contribution is 2.18. The molecule has 1 aliphatic carbocycles. The summed E-state index contributed by atoms with van der Waals surface area (Å²) < 4.78 is 5.78. The first-order valence-corrected chi connectivity index (χ1v) is 8.78. The lowest BCUT2D eigenvalue weighted by Gasteiger charge is -2.28. The van der Waals surface area contributed by atoms with E-state index < -0.39 is 6.10 Å². The van der Waals surface area contributed by atoms with Crippen LogP contribution in [-0.4, -0.2) is 28.9 Å². The van der Waals surface area contributed by atoms with Crippen LogP contribution in [-0.2, 0) is 17.9 Å². The Hall–Kier alpha value is -1.59. The average Bonchev–Trinajstić information content (AvgIpc) is 2.53. The highest BCUT2D eigenvalue weighted by molar-refractivity contribution is 5.74.